The van der Waals surface area contributed by atoms with Crippen LogP contribution in [0.5, 0.6) is 0 Å². The molecule has 5 heteroatoms. The zero-order valence-corrected chi connectivity index (χ0v) is 13.2. The Hall–Kier alpha value is -0.550. The lowest BCUT2D eigenvalue weighted by Gasteiger charge is -2.14. The maximum absolute atomic E-state index is 9.19. The lowest BCUT2D eigenvalue weighted by molar-refractivity contribution is 0.388. The summed E-state index contributed by atoms with van der Waals surface area (Å²) in [6.07, 6.45) is 16.4. The van der Waals surface area contributed by atoms with Crippen LogP contribution < -0.4 is 0 Å². The van der Waals surface area contributed by atoms with Gasteiger partial charge in [0.25, 0.3) is 10.1 Å². The van der Waals surface area contributed by atoms with Crippen LogP contribution in [-0.4, -0.2) is 37.2 Å². The summed E-state index contributed by atoms with van der Waals surface area (Å²) < 4.78 is 25.9. The summed E-state index contributed by atoms with van der Waals surface area (Å²) in [5, 5.41) is 0. The van der Waals surface area contributed by atoms with Crippen molar-refractivity contribution >= 4 is 10.1 Å². The van der Waals surface area contributed by atoms with Gasteiger partial charge in [-0.1, -0.05) is 51.5 Å². The second-order valence-electron chi connectivity index (χ2n) is 5.06. The minimum atomic E-state index is -3.67. The van der Waals surface area contributed by atoms with E-state index in [1.54, 1.807) is 0 Å². The monoisotopic (exact) mass is 291 g/mol. The molecule has 0 aromatic rings. The highest BCUT2D eigenvalue weighted by Crippen LogP contribution is 2.09. The van der Waals surface area contributed by atoms with E-state index >= 15 is 0 Å². The van der Waals surface area contributed by atoms with Crippen molar-refractivity contribution in [3.05, 3.63) is 12.3 Å². The third-order valence-corrected chi connectivity index (χ3v) is 2.95. The number of unbranched alkanes of at least 4 members (excludes halogenated alkanes) is 6. The fraction of sp³-hybridized carbons (Fsp3) is 0.857. The normalized spacial score (nSPS) is 14.4. The van der Waals surface area contributed by atoms with Crippen molar-refractivity contribution in [3.63, 3.8) is 0 Å². The molecule has 0 amide bonds. The molecule has 1 heterocycles. The first kappa shape index (κ1) is 18.4. The van der Waals surface area contributed by atoms with E-state index in [1.807, 2.05) is 0 Å². The van der Waals surface area contributed by atoms with Gasteiger partial charge >= 0.3 is 0 Å². The van der Waals surface area contributed by atoms with Gasteiger partial charge in [-0.2, -0.15) is 8.42 Å². The summed E-state index contributed by atoms with van der Waals surface area (Å²) in [4.78, 5) is 2.45. The minimum absolute atomic E-state index is 0.715. The smallest absolute Gasteiger partial charge is 0.261 e. The molecule has 0 saturated heterocycles. The van der Waals surface area contributed by atoms with Crippen molar-refractivity contribution in [3.8, 4) is 0 Å². The van der Waals surface area contributed by atoms with Gasteiger partial charge in [-0.15, -0.1) is 0 Å². The summed E-state index contributed by atoms with van der Waals surface area (Å²) in [6.45, 7) is 4.82. The van der Waals surface area contributed by atoms with Crippen LogP contribution in [-0.2, 0) is 10.1 Å². The van der Waals surface area contributed by atoms with Crippen molar-refractivity contribution < 1.29 is 13.0 Å². The molecule has 0 aromatic carbocycles. The standard InChI is InChI=1S/C13H25N.CH4O3S/c1-2-3-4-5-6-7-8-11-14-12-9-10-13-14;1-5(2,3)4/h9,12H,2-8,10-11,13H2,1H3;1H3,(H,2,3,4). The molecule has 0 aliphatic carbocycles. The Morgan fingerprint density at radius 3 is 2.11 bits per heavy atom. The van der Waals surface area contributed by atoms with Crippen LogP contribution in [0.25, 0.3) is 0 Å². The average Bonchev–Trinajstić information content (AvgIpc) is 2.78. The molecule has 0 fully saturated rings. The zero-order valence-electron chi connectivity index (χ0n) is 12.3. The molecular formula is C14H29NO3S. The van der Waals surface area contributed by atoms with Gasteiger partial charge in [0.15, 0.2) is 0 Å². The molecule has 1 aliphatic rings. The first-order valence-corrected chi connectivity index (χ1v) is 9.11. The highest BCUT2D eigenvalue weighted by atomic mass is 32.2. The van der Waals surface area contributed by atoms with Crippen LogP contribution in [0.4, 0.5) is 0 Å². The van der Waals surface area contributed by atoms with Crippen LogP contribution in [0.3, 0.4) is 0 Å². The van der Waals surface area contributed by atoms with E-state index in [-0.39, 0.29) is 0 Å². The second-order valence-corrected chi connectivity index (χ2v) is 6.53. The lowest BCUT2D eigenvalue weighted by Crippen LogP contribution is -2.15. The van der Waals surface area contributed by atoms with E-state index in [0.717, 1.165) is 0 Å². The van der Waals surface area contributed by atoms with Crippen LogP contribution in [0.1, 0.15) is 58.3 Å². The molecule has 0 unspecified atom stereocenters. The summed E-state index contributed by atoms with van der Waals surface area (Å²) in [5.41, 5.74) is 0. The van der Waals surface area contributed by atoms with Gasteiger partial charge in [0.2, 0.25) is 0 Å². The molecule has 1 rings (SSSR count). The summed E-state index contributed by atoms with van der Waals surface area (Å²) in [7, 11) is -3.67. The molecule has 114 valence electrons. The van der Waals surface area contributed by atoms with Crippen molar-refractivity contribution in [2.75, 3.05) is 19.3 Å². The van der Waals surface area contributed by atoms with Crippen LogP contribution in [0.2, 0.25) is 0 Å². The first-order valence-electron chi connectivity index (χ1n) is 7.26. The molecule has 4 nitrogen and oxygen atoms in total. The molecule has 0 radical (unpaired) electrons. The number of rotatable bonds is 8. The molecule has 0 spiro atoms. The SMILES string of the molecule is CCCCCCCCCN1C=CCC1.CS(=O)(=O)O. The quantitative estimate of drug-likeness (QED) is 0.549. The van der Waals surface area contributed by atoms with E-state index < -0.39 is 10.1 Å². The number of nitrogens with zero attached hydrogens (tertiary/aromatic N) is 1. The average molecular weight is 291 g/mol. The van der Waals surface area contributed by atoms with E-state index in [9.17, 15) is 8.42 Å². The molecule has 0 bridgehead atoms. The summed E-state index contributed by atoms with van der Waals surface area (Å²) in [5.74, 6) is 0. The lowest BCUT2D eigenvalue weighted by atomic mass is 10.1. The van der Waals surface area contributed by atoms with Crippen molar-refractivity contribution in [2.45, 2.75) is 58.3 Å². The van der Waals surface area contributed by atoms with Gasteiger partial charge in [0, 0.05) is 13.1 Å². The molecule has 1 aliphatic heterocycles. The molecule has 1 N–H and O–H groups in total. The Kier molecular flexibility index (Phi) is 11.0. The van der Waals surface area contributed by atoms with E-state index in [2.05, 4.69) is 24.1 Å². The Morgan fingerprint density at radius 2 is 1.63 bits per heavy atom. The number of hydrogen-bond donors (Lipinski definition) is 1. The maximum atomic E-state index is 9.19. The van der Waals surface area contributed by atoms with E-state index in [1.165, 1.54) is 64.5 Å². The topological polar surface area (TPSA) is 57.6 Å². The van der Waals surface area contributed by atoms with Crippen molar-refractivity contribution in [1.82, 2.24) is 4.90 Å². The van der Waals surface area contributed by atoms with Crippen LogP contribution >= 0.6 is 0 Å². The van der Waals surface area contributed by atoms with Crippen LogP contribution in [0, 0.1) is 0 Å². The van der Waals surface area contributed by atoms with Gasteiger partial charge in [-0.05, 0) is 19.0 Å². The van der Waals surface area contributed by atoms with Gasteiger partial charge in [0.1, 0.15) is 0 Å². The Balaban J connectivity index is 0.000000555. The fourth-order valence-corrected chi connectivity index (χ4v) is 2.00. The summed E-state index contributed by atoms with van der Waals surface area (Å²) in [6, 6.07) is 0. The third-order valence-electron chi connectivity index (χ3n) is 2.95. The summed E-state index contributed by atoms with van der Waals surface area (Å²) >= 11 is 0. The molecule has 0 saturated carbocycles. The van der Waals surface area contributed by atoms with Crippen molar-refractivity contribution in [1.29, 1.82) is 0 Å². The largest absolute Gasteiger partial charge is 0.377 e. The molecule has 0 atom stereocenters. The zero-order chi connectivity index (χ0) is 14.6. The molecule has 19 heavy (non-hydrogen) atoms. The molecular weight excluding hydrogens is 262 g/mol. The maximum Gasteiger partial charge on any atom is 0.261 e. The highest BCUT2D eigenvalue weighted by Gasteiger charge is 2.02. The predicted molar refractivity (Wildman–Crippen MR) is 80.8 cm³/mol. The van der Waals surface area contributed by atoms with Gasteiger partial charge in [0.05, 0.1) is 6.26 Å². The highest BCUT2D eigenvalue weighted by molar-refractivity contribution is 7.85. The number of hydrogen-bond acceptors (Lipinski definition) is 3. The first-order chi connectivity index (χ1) is 8.93. The van der Waals surface area contributed by atoms with E-state index in [0.29, 0.717) is 6.26 Å². The minimum Gasteiger partial charge on any atom is -0.377 e. The third kappa shape index (κ3) is 17.4. The molecule has 0 aromatic heterocycles. The van der Waals surface area contributed by atoms with Crippen molar-refractivity contribution in [2.24, 2.45) is 0 Å². The fourth-order valence-electron chi connectivity index (χ4n) is 2.00. The van der Waals surface area contributed by atoms with E-state index in [4.69, 9.17) is 4.55 Å². The van der Waals surface area contributed by atoms with Gasteiger partial charge < -0.3 is 4.90 Å². The van der Waals surface area contributed by atoms with Gasteiger partial charge in [-0.25, -0.2) is 0 Å². The van der Waals surface area contributed by atoms with Gasteiger partial charge in [-0.3, -0.25) is 4.55 Å². The Labute approximate surface area is 118 Å². The Bertz CT molecular complexity index is 318. The predicted octanol–water partition coefficient (Wildman–Crippen LogP) is 3.46. The Morgan fingerprint density at radius 1 is 1.11 bits per heavy atom. The second kappa shape index (κ2) is 11.3. The van der Waals surface area contributed by atoms with Crippen LogP contribution in [0.15, 0.2) is 12.3 Å².